The summed E-state index contributed by atoms with van der Waals surface area (Å²) in [6.07, 6.45) is 0. The Labute approximate surface area is 373 Å². The summed E-state index contributed by atoms with van der Waals surface area (Å²) in [7, 11) is 0. The summed E-state index contributed by atoms with van der Waals surface area (Å²) in [6.45, 7) is 4.54. The van der Waals surface area contributed by atoms with Gasteiger partial charge in [0, 0.05) is 28.3 Å². The van der Waals surface area contributed by atoms with Gasteiger partial charge in [0.15, 0.2) is 5.84 Å². The lowest BCUT2D eigenvalue weighted by molar-refractivity contribution is 1.09. The quantitative estimate of drug-likeness (QED) is 0.0889. The van der Waals surface area contributed by atoms with E-state index in [0.717, 1.165) is 85.1 Å². The highest BCUT2D eigenvalue weighted by Crippen LogP contribution is 2.55. The Kier molecular flexibility index (Phi) is 9.67. The Bertz CT molecular complexity index is 3060. The highest BCUT2D eigenvalue weighted by atomic mass is 15.5. The zero-order valence-corrected chi connectivity index (χ0v) is 35.0. The minimum Gasteiger partial charge on any atom is -0.382 e. The van der Waals surface area contributed by atoms with Crippen LogP contribution in [0.4, 0.5) is 73.9 Å². The average molecular weight is 826 g/mol. The first-order chi connectivity index (χ1) is 31.6. The molecule has 64 heavy (non-hydrogen) atoms. The van der Waals surface area contributed by atoms with Gasteiger partial charge in [-0.15, -0.1) is 5.10 Å². The number of fused-ring (bicyclic) bond motifs is 4. The van der Waals surface area contributed by atoms with Crippen molar-refractivity contribution in [1.82, 2.24) is 0 Å². The smallest absolute Gasteiger partial charge is 0.151 e. The molecule has 2 aliphatic heterocycles. The van der Waals surface area contributed by atoms with Crippen LogP contribution < -0.4 is 30.3 Å². The Hall–Kier alpha value is -8.81. The Morgan fingerprint density at radius 1 is 0.328 bits per heavy atom. The molecule has 9 aromatic rings. The summed E-state index contributed by atoms with van der Waals surface area (Å²) in [6, 6.07) is 82.0. The van der Waals surface area contributed by atoms with Crippen molar-refractivity contribution in [2.24, 2.45) is 10.8 Å². The maximum Gasteiger partial charge on any atom is 0.151 e. The van der Waals surface area contributed by atoms with Crippen molar-refractivity contribution < 1.29 is 0 Å². The van der Waals surface area contributed by atoms with Gasteiger partial charge in [0.25, 0.3) is 0 Å². The molecule has 11 rings (SSSR count). The van der Waals surface area contributed by atoms with Gasteiger partial charge in [0.2, 0.25) is 0 Å². The van der Waals surface area contributed by atoms with E-state index in [1.165, 1.54) is 0 Å². The highest BCUT2D eigenvalue weighted by Gasteiger charge is 2.32. The van der Waals surface area contributed by atoms with Gasteiger partial charge < -0.3 is 25.3 Å². The first-order valence-electron chi connectivity index (χ1n) is 21.4. The second-order valence-electron chi connectivity index (χ2n) is 15.6. The van der Waals surface area contributed by atoms with E-state index in [0.29, 0.717) is 11.5 Å². The number of hydrogen-bond donors (Lipinski definition) is 1. The lowest BCUT2D eigenvalue weighted by Crippen LogP contribution is -2.24. The molecule has 0 aromatic heterocycles. The van der Waals surface area contributed by atoms with Crippen molar-refractivity contribution in [3.8, 4) is 0 Å². The van der Waals surface area contributed by atoms with Gasteiger partial charge in [-0.1, -0.05) is 122 Å². The molecule has 7 heteroatoms. The third kappa shape index (κ3) is 6.69. The van der Waals surface area contributed by atoms with Crippen molar-refractivity contribution in [3.63, 3.8) is 0 Å². The van der Waals surface area contributed by atoms with Crippen LogP contribution in [-0.4, -0.2) is 5.84 Å². The minimum absolute atomic E-state index is 0.363. The van der Waals surface area contributed by atoms with Gasteiger partial charge in [-0.05, 0) is 127 Å². The van der Waals surface area contributed by atoms with Crippen LogP contribution in [0.5, 0.6) is 0 Å². The lowest BCUT2D eigenvalue weighted by atomic mass is 10.0. The van der Waals surface area contributed by atoms with E-state index in [-0.39, 0.29) is 0 Å². The van der Waals surface area contributed by atoms with Crippen LogP contribution in [0.1, 0.15) is 11.1 Å². The largest absolute Gasteiger partial charge is 0.382 e. The molecular weight excluding hydrogens is 783 g/mol. The summed E-state index contributed by atoms with van der Waals surface area (Å²) in [5, 5.41) is 6.94. The summed E-state index contributed by atoms with van der Waals surface area (Å²) < 4.78 is 0. The van der Waals surface area contributed by atoms with Gasteiger partial charge in [0.05, 0.1) is 56.9 Å². The van der Waals surface area contributed by atoms with E-state index in [1.807, 2.05) is 47.5 Å². The predicted octanol–water partition coefficient (Wildman–Crippen LogP) is 15.0. The van der Waals surface area contributed by atoms with Crippen molar-refractivity contribution in [1.29, 1.82) is 0 Å². The Balaban J connectivity index is 0.940. The Morgan fingerprint density at radius 3 is 0.953 bits per heavy atom. The minimum atomic E-state index is 0.363. The molecule has 0 atom stereocenters. The number of rotatable bonds is 9. The second kappa shape index (κ2) is 16.2. The van der Waals surface area contributed by atoms with Gasteiger partial charge in [0.1, 0.15) is 0 Å². The molecule has 9 aromatic carbocycles. The molecule has 306 valence electrons. The highest BCUT2D eigenvalue weighted by molar-refractivity contribution is 6.04. The van der Waals surface area contributed by atoms with Crippen molar-refractivity contribution in [2.45, 2.75) is 0 Å². The molecule has 2 N–H and O–H groups in total. The van der Waals surface area contributed by atoms with Gasteiger partial charge in [-0.25, -0.2) is 5.01 Å². The molecule has 0 saturated carbocycles. The maximum atomic E-state index is 6.96. The van der Waals surface area contributed by atoms with Gasteiger partial charge >= 0.3 is 0 Å². The molecule has 7 nitrogen and oxygen atoms in total. The van der Waals surface area contributed by atoms with E-state index in [4.69, 9.17) is 10.8 Å². The van der Waals surface area contributed by atoms with Crippen molar-refractivity contribution in [2.75, 3.05) is 24.6 Å². The number of amidine groups is 1. The average Bonchev–Trinajstić information content (AvgIpc) is 3.37. The van der Waals surface area contributed by atoms with Crippen molar-refractivity contribution >= 4 is 85.5 Å². The molecule has 0 radical (unpaired) electrons. The zero-order chi connectivity index (χ0) is 43.0. The van der Waals surface area contributed by atoms with Crippen LogP contribution in [0.25, 0.3) is 5.70 Å². The number of nitrogens with two attached hydrogens (primary N) is 1. The molecule has 0 fully saturated rings. The summed E-state index contributed by atoms with van der Waals surface area (Å²) in [4.78, 5) is 9.28. The first kappa shape index (κ1) is 38.1. The molecule has 0 saturated heterocycles. The fraction of sp³-hybridized carbons (Fsp3) is 0. The summed E-state index contributed by atoms with van der Waals surface area (Å²) >= 11 is 0. The predicted molar refractivity (Wildman–Crippen MR) is 267 cm³/mol. The fourth-order valence-electron chi connectivity index (χ4n) is 8.87. The number of nitrogens with zero attached hydrogens (tertiary/aromatic N) is 6. The number of anilines is 13. The number of para-hydroxylation sites is 10. The van der Waals surface area contributed by atoms with E-state index in [2.05, 4.69) is 220 Å². The third-order valence-corrected chi connectivity index (χ3v) is 11.8. The number of benzene rings is 9. The van der Waals surface area contributed by atoms with Gasteiger partial charge in [-0.3, -0.25) is 0 Å². The van der Waals surface area contributed by atoms with E-state index in [1.54, 1.807) is 0 Å². The van der Waals surface area contributed by atoms with Gasteiger partial charge in [-0.2, -0.15) is 0 Å². The first-order valence-corrected chi connectivity index (χ1v) is 21.4. The zero-order valence-electron chi connectivity index (χ0n) is 35.0. The van der Waals surface area contributed by atoms with Crippen LogP contribution in [0.15, 0.2) is 248 Å². The SMILES string of the molecule is C=C(c1ccccc1)N(/N=C(\N)c1ccc(N2c3ccccc3N(c3ccccc3)c3ccccc32)cc1)c1ccc(N2c3ccccc3N(c3ccccc3)c3ccccc32)cc1. The van der Waals surface area contributed by atoms with Crippen LogP contribution in [0.2, 0.25) is 0 Å². The third-order valence-electron chi connectivity index (χ3n) is 11.8. The number of hydrogen-bond acceptors (Lipinski definition) is 6. The molecule has 2 aliphatic rings. The molecule has 0 spiro atoms. The normalized spacial score (nSPS) is 12.8. The maximum absolute atomic E-state index is 6.96. The van der Waals surface area contributed by atoms with E-state index in [9.17, 15) is 0 Å². The standard InChI is InChI=1S/C57H43N7/c1-41(42-19-5-2-6-20-42)64(48-39-37-47(38-40-48)63-55-31-17-13-27-51(55)61(45-23-9-4-10-24-45)52-28-14-18-32-56(52)63)59-57(58)43-33-35-46(36-34-43)62-53-29-15-11-25-49(53)60(44-21-7-3-8-22-44)50-26-12-16-30-54(50)62/h2-40H,1H2,(H2,58,59). The second-order valence-corrected chi connectivity index (χ2v) is 15.6. The molecular formula is C57H43N7. The molecule has 0 amide bonds. The van der Waals surface area contributed by atoms with Crippen LogP contribution in [0, 0.1) is 0 Å². The van der Waals surface area contributed by atoms with Crippen LogP contribution >= 0.6 is 0 Å². The summed E-state index contributed by atoms with van der Waals surface area (Å²) in [5.41, 5.74) is 23.2. The van der Waals surface area contributed by atoms with E-state index >= 15 is 0 Å². The number of hydrazone groups is 1. The monoisotopic (exact) mass is 825 g/mol. The van der Waals surface area contributed by atoms with Crippen LogP contribution in [0.3, 0.4) is 0 Å². The van der Waals surface area contributed by atoms with Crippen molar-refractivity contribution in [3.05, 3.63) is 254 Å². The van der Waals surface area contributed by atoms with E-state index < -0.39 is 0 Å². The molecule has 0 unspecified atom stereocenters. The topological polar surface area (TPSA) is 54.6 Å². The lowest BCUT2D eigenvalue weighted by Gasteiger charge is -2.40. The fourth-order valence-corrected chi connectivity index (χ4v) is 8.87. The molecule has 0 aliphatic carbocycles. The Morgan fingerprint density at radius 2 is 0.609 bits per heavy atom. The molecule has 0 bridgehead atoms. The molecule has 2 heterocycles. The summed E-state index contributed by atoms with van der Waals surface area (Å²) in [5.74, 6) is 0.363. The van der Waals surface area contributed by atoms with Crippen LogP contribution in [-0.2, 0) is 0 Å².